The highest BCUT2D eigenvalue weighted by Gasteiger charge is 2.23. The van der Waals surface area contributed by atoms with Gasteiger partial charge in [-0.05, 0) is 45.1 Å². The van der Waals surface area contributed by atoms with Crippen LogP contribution in [-0.2, 0) is 4.74 Å². The summed E-state index contributed by atoms with van der Waals surface area (Å²) in [6.45, 7) is 8.47. The Balaban J connectivity index is 3.49. The van der Waals surface area contributed by atoms with Gasteiger partial charge in [0.25, 0.3) is 0 Å². The number of ether oxygens (including phenoxy) is 1. The minimum Gasteiger partial charge on any atom is -0.394 e. The first-order valence-corrected chi connectivity index (χ1v) is 6.97. The molecule has 0 aromatic heterocycles. The van der Waals surface area contributed by atoms with E-state index in [2.05, 4.69) is 26.1 Å². The van der Waals surface area contributed by atoms with Gasteiger partial charge in [-0.25, -0.2) is 0 Å². The summed E-state index contributed by atoms with van der Waals surface area (Å²) >= 11 is 0. The summed E-state index contributed by atoms with van der Waals surface area (Å²) in [5, 5.41) is 12.6. The number of likely N-dealkylation sites (N-methyl/N-ethyl adjacent to an activating group) is 1. The number of aliphatic hydroxyl groups excluding tert-OH is 1. The number of nitrogens with one attached hydrogen (secondary N) is 1. The maximum atomic E-state index is 9.38. The minimum atomic E-state index is -0.110. The van der Waals surface area contributed by atoms with Crippen LogP contribution >= 0.6 is 0 Å². The van der Waals surface area contributed by atoms with Gasteiger partial charge in [0.05, 0.1) is 6.61 Å². The van der Waals surface area contributed by atoms with Crippen molar-refractivity contribution >= 4 is 0 Å². The molecule has 0 aliphatic heterocycles. The van der Waals surface area contributed by atoms with Crippen LogP contribution < -0.4 is 5.32 Å². The Kier molecular flexibility index (Phi) is 9.79. The number of hydrogen-bond donors (Lipinski definition) is 2. The van der Waals surface area contributed by atoms with E-state index in [9.17, 15) is 5.11 Å². The van der Waals surface area contributed by atoms with Gasteiger partial charge in [-0.3, -0.25) is 0 Å². The molecule has 0 saturated heterocycles. The molecule has 0 rings (SSSR count). The van der Waals surface area contributed by atoms with Crippen LogP contribution in [0.2, 0.25) is 0 Å². The Bertz CT molecular complexity index is 159. The number of hydrogen-bond acceptors (Lipinski definition) is 3. The van der Waals surface area contributed by atoms with Gasteiger partial charge in [-0.15, -0.1) is 0 Å². The molecule has 0 heterocycles. The fourth-order valence-corrected chi connectivity index (χ4v) is 1.96. The van der Waals surface area contributed by atoms with Crippen LogP contribution in [0.25, 0.3) is 0 Å². The second-order valence-electron chi connectivity index (χ2n) is 5.29. The summed E-state index contributed by atoms with van der Waals surface area (Å²) in [6, 6.07) is 0. The average Bonchev–Trinajstić information content (AvgIpc) is 2.33. The van der Waals surface area contributed by atoms with Gasteiger partial charge in [0.15, 0.2) is 0 Å². The smallest absolute Gasteiger partial charge is 0.0613 e. The average molecular weight is 245 g/mol. The molecule has 104 valence electrons. The van der Waals surface area contributed by atoms with Crippen molar-refractivity contribution in [2.75, 3.05) is 26.9 Å². The van der Waals surface area contributed by atoms with Crippen LogP contribution in [0.15, 0.2) is 0 Å². The molecular formula is C14H31NO2. The van der Waals surface area contributed by atoms with Crippen LogP contribution in [0.5, 0.6) is 0 Å². The Morgan fingerprint density at radius 2 is 1.88 bits per heavy atom. The van der Waals surface area contributed by atoms with Crippen molar-refractivity contribution in [3.05, 3.63) is 0 Å². The molecule has 1 atom stereocenters. The number of aliphatic hydroxyl groups is 1. The van der Waals surface area contributed by atoms with Crippen molar-refractivity contribution in [2.24, 2.45) is 5.92 Å². The predicted molar refractivity (Wildman–Crippen MR) is 73.3 cm³/mol. The second-order valence-corrected chi connectivity index (χ2v) is 5.29. The van der Waals surface area contributed by atoms with Crippen molar-refractivity contribution in [1.82, 2.24) is 5.32 Å². The number of rotatable bonds is 11. The van der Waals surface area contributed by atoms with Gasteiger partial charge in [-0.2, -0.15) is 0 Å². The van der Waals surface area contributed by atoms with Gasteiger partial charge >= 0.3 is 0 Å². The van der Waals surface area contributed by atoms with Crippen LogP contribution in [0.4, 0.5) is 0 Å². The summed E-state index contributed by atoms with van der Waals surface area (Å²) in [7, 11) is 1.92. The second kappa shape index (κ2) is 9.86. The molecule has 0 radical (unpaired) electrons. The third kappa shape index (κ3) is 7.74. The quantitative estimate of drug-likeness (QED) is 0.550. The fourth-order valence-electron chi connectivity index (χ4n) is 1.96. The molecule has 0 aliphatic carbocycles. The van der Waals surface area contributed by atoms with Gasteiger partial charge in [0.1, 0.15) is 0 Å². The predicted octanol–water partition coefficient (Wildman–Crippen LogP) is 2.58. The van der Waals surface area contributed by atoms with E-state index < -0.39 is 0 Å². The lowest BCUT2D eigenvalue weighted by Crippen LogP contribution is -2.46. The standard InChI is InChI=1S/C14H31NO2/c1-5-14(12-16,15-4)9-7-11-17-10-6-8-13(2)3/h13,15-16H,5-12H2,1-4H3. The zero-order chi connectivity index (χ0) is 13.1. The summed E-state index contributed by atoms with van der Waals surface area (Å²) in [5.74, 6) is 0.769. The van der Waals surface area contributed by atoms with E-state index in [1.54, 1.807) is 0 Å². The Morgan fingerprint density at radius 3 is 2.35 bits per heavy atom. The van der Waals surface area contributed by atoms with E-state index in [1.165, 1.54) is 6.42 Å². The van der Waals surface area contributed by atoms with E-state index in [4.69, 9.17) is 4.74 Å². The molecular weight excluding hydrogens is 214 g/mol. The molecule has 0 saturated carbocycles. The van der Waals surface area contributed by atoms with Crippen molar-refractivity contribution in [1.29, 1.82) is 0 Å². The Morgan fingerprint density at radius 1 is 1.24 bits per heavy atom. The minimum absolute atomic E-state index is 0.110. The molecule has 17 heavy (non-hydrogen) atoms. The maximum absolute atomic E-state index is 9.38. The van der Waals surface area contributed by atoms with Crippen LogP contribution in [0.3, 0.4) is 0 Å². The normalized spacial score (nSPS) is 15.2. The molecule has 3 nitrogen and oxygen atoms in total. The summed E-state index contributed by atoms with van der Waals surface area (Å²) in [6.07, 6.45) is 5.33. The third-order valence-corrected chi connectivity index (χ3v) is 3.52. The van der Waals surface area contributed by atoms with Gasteiger partial charge < -0.3 is 15.2 Å². The first-order chi connectivity index (χ1) is 8.10. The van der Waals surface area contributed by atoms with E-state index in [1.807, 2.05) is 7.05 Å². The third-order valence-electron chi connectivity index (χ3n) is 3.52. The van der Waals surface area contributed by atoms with Crippen LogP contribution in [0, 0.1) is 5.92 Å². The van der Waals surface area contributed by atoms with Crippen molar-refractivity contribution in [3.63, 3.8) is 0 Å². The fraction of sp³-hybridized carbons (Fsp3) is 1.00. The molecule has 2 N–H and O–H groups in total. The molecule has 0 aromatic carbocycles. The van der Waals surface area contributed by atoms with Gasteiger partial charge in [-0.1, -0.05) is 20.8 Å². The van der Waals surface area contributed by atoms with E-state index in [-0.39, 0.29) is 12.1 Å². The molecule has 1 unspecified atom stereocenters. The lowest BCUT2D eigenvalue weighted by molar-refractivity contribution is 0.102. The highest BCUT2D eigenvalue weighted by Crippen LogP contribution is 2.16. The molecule has 0 spiro atoms. The van der Waals surface area contributed by atoms with Crippen molar-refractivity contribution < 1.29 is 9.84 Å². The molecule has 0 aromatic rings. The van der Waals surface area contributed by atoms with Crippen LogP contribution in [0.1, 0.15) is 52.9 Å². The Labute approximate surface area is 107 Å². The monoisotopic (exact) mass is 245 g/mol. The topological polar surface area (TPSA) is 41.5 Å². The highest BCUT2D eigenvalue weighted by atomic mass is 16.5. The largest absolute Gasteiger partial charge is 0.394 e. The van der Waals surface area contributed by atoms with Gasteiger partial charge in [0.2, 0.25) is 0 Å². The zero-order valence-corrected chi connectivity index (χ0v) is 12.1. The lowest BCUT2D eigenvalue weighted by Gasteiger charge is -2.30. The molecule has 0 fully saturated rings. The van der Waals surface area contributed by atoms with E-state index in [0.29, 0.717) is 0 Å². The lowest BCUT2D eigenvalue weighted by atomic mass is 9.92. The van der Waals surface area contributed by atoms with Crippen molar-refractivity contribution in [2.45, 2.75) is 58.4 Å². The SMILES string of the molecule is CCC(CO)(CCCOCCCC(C)C)NC. The van der Waals surface area contributed by atoms with E-state index in [0.717, 1.165) is 44.8 Å². The van der Waals surface area contributed by atoms with E-state index >= 15 is 0 Å². The zero-order valence-electron chi connectivity index (χ0n) is 12.1. The van der Waals surface area contributed by atoms with Gasteiger partial charge in [0, 0.05) is 18.8 Å². The maximum Gasteiger partial charge on any atom is 0.0613 e. The molecule has 0 aliphatic rings. The molecule has 3 heteroatoms. The highest BCUT2D eigenvalue weighted by molar-refractivity contribution is 4.84. The van der Waals surface area contributed by atoms with Crippen LogP contribution in [-0.4, -0.2) is 37.5 Å². The summed E-state index contributed by atoms with van der Waals surface area (Å²) in [4.78, 5) is 0. The Hall–Kier alpha value is -0.120. The summed E-state index contributed by atoms with van der Waals surface area (Å²) in [5.41, 5.74) is -0.110. The molecule has 0 amide bonds. The first kappa shape index (κ1) is 16.9. The summed E-state index contributed by atoms with van der Waals surface area (Å²) < 4.78 is 5.60. The van der Waals surface area contributed by atoms with Crippen molar-refractivity contribution in [3.8, 4) is 0 Å². The first-order valence-electron chi connectivity index (χ1n) is 6.97. The molecule has 0 bridgehead atoms.